The number of hydrogen-bond donors (Lipinski definition) is 3. The number of fused-ring (bicyclic) bond motifs is 1. The fraction of sp³-hybridized carbons (Fsp3) is 0.125. The maximum atomic E-state index is 13.3. The van der Waals surface area contributed by atoms with Gasteiger partial charge in [0, 0.05) is 5.69 Å². The Kier molecular flexibility index (Phi) is 3.72. The molecular weight excluding hydrogens is 315 g/mol. The van der Waals surface area contributed by atoms with E-state index in [1.165, 1.54) is 18.2 Å². The van der Waals surface area contributed by atoms with E-state index in [1.807, 2.05) is 0 Å². The van der Waals surface area contributed by atoms with Gasteiger partial charge in [-0.25, -0.2) is 14.2 Å². The van der Waals surface area contributed by atoms with Crippen LogP contribution >= 0.6 is 0 Å². The Labute approximate surface area is 134 Å². The molecule has 0 saturated heterocycles. The van der Waals surface area contributed by atoms with Gasteiger partial charge in [-0.3, -0.25) is 19.6 Å². The first kappa shape index (κ1) is 15.6. The van der Waals surface area contributed by atoms with Crippen LogP contribution in [0.25, 0.3) is 11.0 Å². The number of halogens is 1. The fourth-order valence-corrected chi connectivity index (χ4v) is 2.39. The molecule has 0 atom stereocenters. The third-order valence-electron chi connectivity index (χ3n) is 3.58. The number of anilines is 1. The topological polar surface area (TPSA) is 108 Å². The summed E-state index contributed by atoms with van der Waals surface area (Å²) in [5, 5.41) is 2.77. The highest BCUT2D eigenvalue weighted by molar-refractivity contribution is 6.04. The molecule has 24 heavy (non-hydrogen) atoms. The lowest BCUT2D eigenvalue weighted by Crippen LogP contribution is -2.24. The van der Waals surface area contributed by atoms with Gasteiger partial charge >= 0.3 is 5.69 Å². The van der Waals surface area contributed by atoms with Crippen molar-refractivity contribution in [2.45, 2.75) is 13.8 Å². The lowest BCUT2D eigenvalue weighted by atomic mass is 10.1. The van der Waals surface area contributed by atoms with Crippen molar-refractivity contribution in [1.82, 2.24) is 15.0 Å². The van der Waals surface area contributed by atoms with Crippen molar-refractivity contribution in [2.24, 2.45) is 0 Å². The van der Waals surface area contributed by atoms with Gasteiger partial charge in [-0.15, -0.1) is 0 Å². The molecule has 2 heterocycles. The summed E-state index contributed by atoms with van der Waals surface area (Å²) in [7, 11) is 0. The molecule has 2 aromatic heterocycles. The number of pyridine rings is 1. The maximum Gasteiger partial charge on any atom is 0.327 e. The predicted octanol–water partition coefficient (Wildman–Crippen LogP) is 1.62. The van der Waals surface area contributed by atoms with Crippen molar-refractivity contribution in [2.75, 3.05) is 5.32 Å². The molecular formula is C16H13FN4O3. The summed E-state index contributed by atoms with van der Waals surface area (Å²) in [6, 6.07) is 5.47. The van der Waals surface area contributed by atoms with E-state index in [0.717, 1.165) is 0 Å². The van der Waals surface area contributed by atoms with Crippen LogP contribution in [-0.4, -0.2) is 20.9 Å². The molecule has 0 fully saturated rings. The summed E-state index contributed by atoms with van der Waals surface area (Å²) in [4.78, 5) is 44.1. The predicted molar refractivity (Wildman–Crippen MR) is 86.8 cm³/mol. The average Bonchev–Trinajstić information content (AvgIpc) is 2.49. The second-order valence-electron chi connectivity index (χ2n) is 5.37. The quantitative estimate of drug-likeness (QED) is 0.664. The average molecular weight is 328 g/mol. The molecule has 1 aromatic carbocycles. The second kappa shape index (κ2) is 5.73. The van der Waals surface area contributed by atoms with Gasteiger partial charge in [0.2, 0.25) is 0 Å². The number of carbonyl (C=O) groups is 1. The van der Waals surface area contributed by atoms with Gasteiger partial charge in [0.25, 0.3) is 11.5 Å². The highest BCUT2D eigenvalue weighted by Crippen LogP contribution is 2.18. The molecule has 3 aromatic rings. The SMILES string of the molecule is Cc1ccc(F)cc1NC(=O)c1cc(C)c2c(=O)[nH]c(=O)[nH]c2n1. The number of aromatic amines is 2. The molecule has 0 radical (unpaired) electrons. The molecule has 0 spiro atoms. The number of hydrogen-bond acceptors (Lipinski definition) is 4. The number of nitrogens with zero attached hydrogens (tertiary/aromatic N) is 1. The van der Waals surface area contributed by atoms with Crippen molar-refractivity contribution >= 4 is 22.6 Å². The number of nitrogens with one attached hydrogen (secondary N) is 3. The lowest BCUT2D eigenvalue weighted by molar-refractivity contribution is 0.102. The molecule has 8 heteroatoms. The van der Waals surface area contributed by atoms with Crippen molar-refractivity contribution in [3.05, 3.63) is 67.7 Å². The zero-order valence-electron chi connectivity index (χ0n) is 12.9. The number of rotatable bonds is 2. The van der Waals surface area contributed by atoms with E-state index in [0.29, 0.717) is 16.8 Å². The van der Waals surface area contributed by atoms with Gasteiger partial charge in [0.05, 0.1) is 5.39 Å². The first-order valence-corrected chi connectivity index (χ1v) is 7.06. The van der Waals surface area contributed by atoms with Gasteiger partial charge < -0.3 is 5.32 Å². The summed E-state index contributed by atoms with van der Waals surface area (Å²) >= 11 is 0. The van der Waals surface area contributed by atoms with Crippen molar-refractivity contribution in [3.63, 3.8) is 0 Å². The first-order valence-electron chi connectivity index (χ1n) is 7.06. The molecule has 7 nitrogen and oxygen atoms in total. The minimum absolute atomic E-state index is 0.00455. The van der Waals surface area contributed by atoms with Crippen LogP contribution in [0.5, 0.6) is 0 Å². The van der Waals surface area contributed by atoms with Crippen LogP contribution in [0, 0.1) is 19.7 Å². The van der Waals surface area contributed by atoms with E-state index in [-0.39, 0.29) is 16.7 Å². The van der Waals surface area contributed by atoms with Crippen LogP contribution in [0.1, 0.15) is 21.6 Å². The number of benzene rings is 1. The Morgan fingerprint density at radius 3 is 2.62 bits per heavy atom. The van der Waals surface area contributed by atoms with Crippen LogP contribution in [0.2, 0.25) is 0 Å². The van der Waals surface area contributed by atoms with Gasteiger partial charge in [0.15, 0.2) is 0 Å². The number of amides is 1. The minimum atomic E-state index is -0.710. The zero-order valence-corrected chi connectivity index (χ0v) is 12.9. The molecule has 0 aliphatic heterocycles. The molecule has 3 rings (SSSR count). The number of aryl methyl sites for hydroxylation is 2. The van der Waals surface area contributed by atoms with Crippen LogP contribution in [-0.2, 0) is 0 Å². The third kappa shape index (κ3) is 2.81. The Hall–Kier alpha value is -3.29. The molecule has 0 bridgehead atoms. The van der Waals surface area contributed by atoms with Crippen molar-refractivity contribution < 1.29 is 9.18 Å². The molecule has 0 aliphatic rings. The van der Waals surface area contributed by atoms with E-state index in [1.54, 1.807) is 19.9 Å². The van der Waals surface area contributed by atoms with E-state index in [9.17, 15) is 18.8 Å². The Balaban J connectivity index is 2.06. The van der Waals surface area contributed by atoms with Gasteiger partial charge in [-0.1, -0.05) is 6.07 Å². The van der Waals surface area contributed by atoms with Crippen LogP contribution in [0.4, 0.5) is 10.1 Å². The zero-order chi connectivity index (χ0) is 17.4. The number of carbonyl (C=O) groups excluding carboxylic acids is 1. The summed E-state index contributed by atoms with van der Waals surface area (Å²) in [5.74, 6) is -1.05. The Bertz CT molecular complexity index is 1080. The van der Waals surface area contributed by atoms with E-state index in [4.69, 9.17) is 0 Å². The van der Waals surface area contributed by atoms with E-state index in [2.05, 4.69) is 20.3 Å². The minimum Gasteiger partial charge on any atom is -0.320 e. The van der Waals surface area contributed by atoms with Gasteiger partial charge in [0.1, 0.15) is 17.2 Å². The summed E-state index contributed by atoms with van der Waals surface area (Å²) in [5.41, 5.74) is 0.226. The van der Waals surface area contributed by atoms with E-state index < -0.39 is 23.0 Å². The number of aromatic nitrogens is 3. The van der Waals surface area contributed by atoms with Gasteiger partial charge in [-0.05, 0) is 43.2 Å². The molecule has 3 N–H and O–H groups in total. The highest BCUT2D eigenvalue weighted by atomic mass is 19.1. The van der Waals surface area contributed by atoms with Crippen LogP contribution < -0.4 is 16.6 Å². The van der Waals surface area contributed by atoms with Gasteiger partial charge in [-0.2, -0.15) is 0 Å². The van der Waals surface area contributed by atoms with Crippen molar-refractivity contribution in [3.8, 4) is 0 Å². The second-order valence-corrected chi connectivity index (χ2v) is 5.37. The first-order chi connectivity index (χ1) is 11.3. The third-order valence-corrected chi connectivity index (χ3v) is 3.58. The summed E-state index contributed by atoms with van der Waals surface area (Å²) in [6.45, 7) is 3.35. The Morgan fingerprint density at radius 1 is 1.12 bits per heavy atom. The monoisotopic (exact) mass is 328 g/mol. The summed E-state index contributed by atoms with van der Waals surface area (Å²) < 4.78 is 13.3. The summed E-state index contributed by atoms with van der Waals surface area (Å²) in [6.07, 6.45) is 0. The van der Waals surface area contributed by atoms with Crippen LogP contribution in [0.15, 0.2) is 33.9 Å². The standard InChI is InChI=1S/C16H13FN4O3/c1-7-3-4-9(17)6-10(7)19-14(22)11-5-8(2)12-13(18-11)20-16(24)21-15(12)23/h3-6H,1-2H3,(H,19,22)(H2,18,20,21,23,24). The molecule has 1 amide bonds. The Morgan fingerprint density at radius 2 is 1.88 bits per heavy atom. The maximum absolute atomic E-state index is 13.3. The van der Waals surface area contributed by atoms with E-state index >= 15 is 0 Å². The highest BCUT2D eigenvalue weighted by Gasteiger charge is 2.14. The molecule has 122 valence electrons. The fourth-order valence-electron chi connectivity index (χ4n) is 2.39. The number of H-pyrrole nitrogens is 2. The largest absolute Gasteiger partial charge is 0.327 e. The molecule has 0 unspecified atom stereocenters. The van der Waals surface area contributed by atoms with Crippen LogP contribution in [0.3, 0.4) is 0 Å². The lowest BCUT2D eigenvalue weighted by Gasteiger charge is -2.09. The molecule has 0 aliphatic carbocycles. The smallest absolute Gasteiger partial charge is 0.320 e. The van der Waals surface area contributed by atoms with Crippen molar-refractivity contribution in [1.29, 1.82) is 0 Å². The molecule has 0 saturated carbocycles. The normalized spacial score (nSPS) is 10.8.